The summed E-state index contributed by atoms with van der Waals surface area (Å²) in [6.45, 7) is 0.986. The van der Waals surface area contributed by atoms with Crippen LogP contribution < -0.4 is 5.56 Å². The Morgan fingerprint density at radius 1 is 1.00 bits per heavy atom. The molecule has 0 bridgehead atoms. The van der Waals surface area contributed by atoms with Gasteiger partial charge in [0, 0.05) is 24.7 Å². The summed E-state index contributed by atoms with van der Waals surface area (Å²) in [5.74, 6) is 0. The molecular weight excluding hydrogens is 368 g/mol. The summed E-state index contributed by atoms with van der Waals surface area (Å²) >= 11 is 0. The van der Waals surface area contributed by atoms with E-state index in [2.05, 4.69) is 5.10 Å². The average molecular weight is 388 g/mol. The minimum Gasteiger partial charge on any atom is -0.393 e. The molecule has 7 heteroatoms. The fourth-order valence-corrected chi connectivity index (χ4v) is 3.92. The van der Waals surface area contributed by atoms with E-state index in [1.165, 1.54) is 9.25 Å². The number of hydrogen-bond acceptors (Lipinski definition) is 4. The van der Waals surface area contributed by atoms with Gasteiger partial charge in [-0.05, 0) is 31.0 Å². The summed E-state index contributed by atoms with van der Waals surface area (Å²) in [5.41, 5.74) is 2.10. The monoisotopic (exact) mass is 388 g/mol. The maximum absolute atomic E-state index is 13.2. The Kier molecular flexibility index (Phi) is 4.17. The van der Waals surface area contributed by atoms with E-state index in [-0.39, 0.29) is 17.7 Å². The van der Waals surface area contributed by atoms with Gasteiger partial charge in [-0.15, -0.1) is 0 Å². The van der Waals surface area contributed by atoms with Crippen LogP contribution >= 0.6 is 0 Å². The zero-order chi connectivity index (χ0) is 20.0. The number of para-hydroxylation sites is 2. The van der Waals surface area contributed by atoms with Crippen LogP contribution in [0.2, 0.25) is 0 Å². The molecule has 146 valence electrons. The van der Waals surface area contributed by atoms with E-state index >= 15 is 0 Å². The minimum atomic E-state index is -0.361. The van der Waals surface area contributed by atoms with E-state index in [9.17, 15) is 14.7 Å². The molecule has 5 rings (SSSR count). The number of carbonyl (C=O) groups excluding carboxylic acids is 1. The van der Waals surface area contributed by atoms with Crippen molar-refractivity contribution in [3.05, 3.63) is 71.1 Å². The molecule has 29 heavy (non-hydrogen) atoms. The van der Waals surface area contributed by atoms with E-state index in [4.69, 9.17) is 0 Å². The Hall–Kier alpha value is -3.45. The molecule has 0 aliphatic carbocycles. The highest BCUT2D eigenvalue weighted by Gasteiger charge is 2.26. The molecule has 0 saturated carbocycles. The molecule has 0 radical (unpaired) electrons. The van der Waals surface area contributed by atoms with Gasteiger partial charge in [0.2, 0.25) is 0 Å². The second kappa shape index (κ2) is 6.86. The first-order valence-corrected chi connectivity index (χ1v) is 9.69. The molecule has 1 N–H and O–H groups in total. The molecule has 2 aromatic carbocycles. The van der Waals surface area contributed by atoms with Crippen molar-refractivity contribution in [2.45, 2.75) is 18.9 Å². The van der Waals surface area contributed by atoms with Crippen molar-refractivity contribution in [3.63, 3.8) is 0 Å². The number of aliphatic hydroxyl groups is 1. The van der Waals surface area contributed by atoms with Crippen LogP contribution in [-0.2, 0) is 0 Å². The highest BCUT2D eigenvalue weighted by Crippen LogP contribution is 2.28. The molecule has 0 unspecified atom stereocenters. The second-order valence-corrected chi connectivity index (χ2v) is 7.33. The van der Waals surface area contributed by atoms with Crippen molar-refractivity contribution in [2.75, 3.05) is 13.1 Å². The average Bonchev–Trinajstić information content (AvgIpc) is 3.10. The van der Waals surface area contributed by atoms with Gasteiger partial charge in [-0.3, -0.25) is 9.36 Å². The summed E-state index contributed by atoms with van der Waals surface area (Å²) in [4.78, 5) is 28.0. The highest BCUT2D eigenvalue weighted by atomic mass is 16.3. The molecule has 1 saturated heterocycles. The lowest BCUT2D eigenvalue weighted by Crippen LogP contribution is -2.42. The van der Waals surface area contributed by atoms with Gasteiger partial charge in [0.15, 0.2) is 0 Å². The van der Waals surface area contributed by atoms with Crippen molar-refractivity contribution >= 4 is 16.9 Å². The van der Waals surface area contributed by atoms with Gasteiger partial charge < -0.3 is 10.0 Å². The smallest absolute Gasteiger partial charge is 0.328 e. The fourth-order valence-electron chi connectivity index (χ4n) is 3.92. The Morgan fingerprint density at radius 3 is 2.45 bits per heavy atom. The predicted molar refractivity (Wildman–Crippen MR) is 110 cm³/mol. The van der Waals surface area contributed by atoms with E-state index in [1.54, 1.807) is 11.1 Å². The normalized spacial score (nSPS) is 15.3. The molecule has 7 nitrogen and oxygen atoms in total. The number of aromatic nitrogens is 3. The molecule has 1 amide bonds. The van der Waals surface area contributed by atoms with Gasteiger partial charge in [0.1, 0.15) is 5.69 Å². The molecular formula is C22H20N4O3. The van der Waals surface area contributed by atoms with Crippen LogP contribution in [0.4, 0.5) is 4.79 Å². The van der Waals surface area contributed by atoms with Crippen LogP contribution in [0.5, 0.6) is 0 Å². The van der Waals surface area contributed by atoms with Gasteiger partial charge in [0.25, 0.3) is 5.56 Å². The molecule has 0 spiro atoms. The van der Waals surface area contributed by atoms with E-state index in [0.29, 0.717) is 48.4 Å². The number of hydrogen-bond donors (Lipinski definition) is 1. The number of pyridine rings is 1. The second-order valence-electron chi connectivity index (χ2n) is 7.33. The standard InChI is InChI=1S/C22H20N4O3/c27-16-10-12-24(13-11-16)22(29)25-14-18-20(17-8-4-5-9-19(17)25)23-26(21(18)28)15-6-2-1-3-7-15/h1-9,14,16,27H,10-13H2. The Morgan fingerprint density at radius 2 is 1.69 bits per heavy atom. The SMILES string of the molecule is O=C(N1CCC(O)CC1)n1cc2c(=O)n(-c3ccccc3)nc-2c2ccccc21. The third kappa shape index (κ3) is 2.91. The predicted octanol–water partition coefficient (Wildman–Crippen LogP) is 2.72. The van der Waals surface area contributed by atoms with E-state index < -0.39 is 0 Å². The zero-order valence-electron chi connectivity index (χ0n) is 15.7. The number of amides is 1. The molecule has 3 aliphatic rings. The van der Waals surface area contributed by atoms with E-state index in [1.807, 2.05) is 54.6 Å². The van der Waals surface area contributed by atoms with Crippen molar-refractivity contribution in [3.8, 4) is 16.9 Å². The van der Waals surface area contributed by atoms with Gasteiger partial charge in [-0.1, -0.05) is 36.4 Å². The number of fused-ring (bicyclic) bond motifs is 3. The number of likely N-dealkylation sites (tertiary alicyclic amines) is 1. The maximum Gasteiger partial charge on any atom is 0.328 e. The third-order valence-corrected chi connectivity index (χ3v) is 5.50. The van der Waals surface area contributed by atoms with Crippen molar-refractivity contribution in [2.24, 2.45) is 0 Å². The minimum absolute atomic E-state index is 0.193. The summed E-state index contributed by atoms with van der Waals surface area (Å²) in [7, 11) is 0. The number of carbonyl (C=O) groups is 1. The zero-order valence-corrected chi connectivity index (χ0v) is 15.7. The highest BCUT2D eigenvalue weighted by molar-refractivity contribution is 5.99. The Balaban J connectivity index is 1.71. The van der Waals surface area contributed by atoms with Crippen molar-refractivity contribution < 1.29 is 9.90 Å². The summed E-state index contributed by atoms with van der Waals surface area (Å²) in [6.07, 6.45) is 2.36. The van der Waals surface area contributed by atoms with Crippen molar-refractivity contribution in [1.29, 1.82) is 0 Å². The third-order valence-electron chi connectivity index (χ3n) is 5.50. The first kappa shape index (κ1) is 17.6. The number of nitrogens with zero attached hydrogens (tertiary/aromatic N) is 4. The number of aliphatic hydroxyl groups excluding tert-OH is 1. The number of piperidine rings is 1. The van der Waals surface area contributed by atoms with Crippen LogP contribution in [0.25, 0.3) is 27.8 Å². The summed E-state index contributed by atoms with van der Waals surface area (Å²) < 4.78 is 2.91. The van der Waals surface area contributed by atoms with E-state index in [0.717, 1.165) is 5.39 Å². The van der Waals surface area contributed by atoms with Gasteiger partial charge >= 0.3 is 6.03 Å². The van der Waals surface area contributed by atoms with Crippen LogP contribution in [0.15, 0.2) is 65.6 Å². The molecule has 3 heterocycles. The number of benzene rings is 2. The molecule has 0 atom stereocenters. The van der Waals surface area contributed by atoms with Crippen LogP contribution in [0.1, 0.15) is 12.8 Å². The summed E-state index contributed by atoms with van der Waals surface area (Å²) in [5, 5.41) is 15.1. The summed E-state index contributed by atoms with van der Waals surface area (Å²) in [6, 6.07) is 16.5. The van der Waals surface area contributed by atoms with Crippen molar-refractivity contribution in [1.82, 2.24) is 19.2 Å². The lowest BCUT2D eigenvalue weighted by molar-refractivity contribution is 0.0943. The maximum atomic E-state index is 13.2. The quantitative estimate of drug-likeness (QED) is 0.544. The van der Waals surface area contributed by atoms with Gasteiger partial charge in [0.05, 0.1) is 22.9 Å². The van der Waals surface area contributed by atoms with Gasteiger partial charge in [-0.2, -0.15) is 9.78 Å². The topological polar surface area (TPSA) is 80.4 Å². The number of rotatable bonds is 1. The van der Waals surface area contributed by atoms with Crippen LogP contribution in [0.3, 0.4) is 0 Å². The van der Waals surface area contributed by atoms with Gasteiger partial charge in [-0.25, -0.2) is 4.79 Å². The molecule has 3 aliphatic heterocycles. The first-order chi connectivity index (χ1) is 14.1. The molecule has 0 aromatic heterocycles. The fraction of sp³-hybridized carbons (Fsp3) is 0.227. The Bertz CT molecular complexity index is 1220. The van der Waals surface area contributed by atoms with Crippen LogP contribution in [-0.4, -0.2) is 49.6 Å². The molecule has 2 aromatic rings. The lowest BCUT2D eigenvalue weighted by Gasteiger charge is -2.30. The Labute approximate surface area is 166 Å². The largest absolute Gasteiger partial charge is 0.393 e. The van der Waals surface area contributed by atoms with Crippen LogP contribution in [0, 0.1) is 0 Å². The lowest BCUT2D eigenvalue weighted by atomic mass is 10.1. The molecule has 1 fully saturated rings. The first-order valence-electron chi connectivity index (χ1n) is 9.69.